The molecule has 37 heavy (non-hydrogen) atoms. The number of rotatable bonds is 5. The minimum absolute atomic E-state index is 0.0593. The lowest BCUT2D eigenvalue weighted by atomic mass is 9.96. The van der Waals surface area contributed by atoms with Crippen LogP contribution in [0.1, 0.15) is 16.7 Å². The summed E-state index contributed by atoms with van der Waals surface area (Å²) in [6.07, 6.45) is -0.579. The first-order valence-corrected chi connectivity index (χ1v) is 12.5. The molecule has 0 saturated carbocycles. The number of carbonyl (C=O) groups excluding carboxylic acids is 1. The topological polar surface area (TPSA) is 86.9 Å². The standard InChI is InChI=1S/C29H28N6O2/c1-34-15-17-35(18-16-34)24-14-8-7-13-23(24)28-32-33-29(37-28)31-27-25(36)19-21-11-5-6-12-22(21)26(30-27)20-9-3-2-4-10-20/h2-14,27H,15-19H2,1H3,(H,31,33). The number of Topliss-reactive ketones (excluding diaryl/α,β-unsaturated/α-hetero) is 1. The highest BCUT2D eigenvalue weighted by atomic mass is 16.4. The van der Waals surface area contributed by atoms with Crippen LogP contribution in [0.4, 0.5) is 11.7 Å². The molecule has 2 aliphatic rings. The maximum absolute atomic E-state index is 13.3. The third-order valence-electron chi connectivity index (χ3n) is 6.91. The van der Waals surface area contributed by atoms with E-state index in [1.807, 2.05) is 72.8 Å². The van der Waals surface area contributed by atoms with Crippen molar-refractivity contribution in [3.8, 4) is 11.5 Å². The summed E-state index contributed by atoms with van der Waals surface area (Å²) in [5.41, 5.74) is 5.56. The van der Waals surface area contributed by atoms with E-state index in [2.05, 4.69) is 38.4 Å². The number of hydrogen-bond donors (Lipinski definition) is 1. The van der Waals surface area contributed by atoms with E-state index >= 15 is 0 Å². The van der Waals surface area contributed by atoms with Crippen LogP contribution in [0.2, 0.25) is 0 Å². The SMILES string of the molecule is CN1CCN(c2ccccc2-c2nnc(NC3N=C(c4ccccc4)c4ccccc4CC3=O)o2)CC1. The molecule has 0 aliphatic carbocycles. The van der Waals surface area contributed by atoms with Gasteiger partial charge in [0.25, 0.3) is 5.89 Å². The summed E-state index contributed by atoms with van der Waals surface area (Å²) < 4.78 is 6.04. The largest absolute Gasteiger partial charge is 0.403 e. The maximum atomic E-state index is 13.3. The van der Waals surface area contributed by atoms with Gasteiger partial charge in [-0.05, 0) is 24.7 Å². The first-order valence-electron chi connectivity index (χ1n) is 12.5. The number of piperazine rings is 1. The molecule has 0 amide bonds. The van der Waals surface area contributed by atoms with Gasteiger partial charge in [0.05, 0.1) is 11.3 Å². The third kappa shape index (κ3) is 4.75. The summed E-state index contributed by atoms with van der Waals surface area (Å²) >= 11 is 0. The van der Waals surface area contributed by atoms with Gasteiger partial charge >= 0.3 is 6.01 Å². The second kappa shape index (κ2) is 9.99. The number of hydrogen-bond acceptors (Lipinski definition) is 8. The van der Waals surface area contributed by atoms with Gasteiger partial charge in [-0.2, -0.15) is 0 Å². The van der Waals surface area contributed by atoms with Gasteiger partial charge in [0.2, 0.25) is 0 Å². The van der Waals surface area contributed by atoms with Crippen LogP contribution in [0.5, 0.6) is 0 Å². The molecule has 1 N–H and O–H groups in total. The van der Waals surface area contributed by atoms with Crippen molar-refractivity contribution in [2.24, 2.45) is 4.99 Å². The zero-order valence-electron chi connectivity index (χ0n) is 20.7. The van der Waals surface area contributed by atoms with E-state index in [1.54, 1.807) is 0 Å². The summed E-state index contributed by atoms with van der Waals surface area (Å²) in [7, 11) is 2.14. The molecule has 3 aromatic carbocycles. The molecule has 8 nitrogen and oxygen atoms in total. The van der Waals surface area contributed by atoms with Crippen LogP contribution >= 0.6 is 0 Å². The number of aromatic nitrogens is 2. The highest BCUT2D eigenvalue weighted by Crippen LogP contribution is 2.31. The lowest BCUT2D eigenvalue weighted by Gasteiger charge is -2.34. The number of carbonyl (C=O) groups is 1. The van der Waals surface area contributed by atoms with E-state index in [0.29, 0.717) is 5.89 Å². The number of nitrogens with one attached hydrogen (secondary N) is 1. The fraction of sp³-hybridized carbons (Fsp3) is 0.241. The molecule has 1 aromatic heterocycles. The summed E-state index contributed by atoms with van der Waals surface area (Å²) in [6, 6.07) is 26.1. The van der Waals surface area contributed by atoms with Crippen LogP contribution in [-0.4, -0.2) is 66.0 Å². The van der Waals surface area contributed by atoms with E-state index in [9.17, 15) is 4.79 Å². The Balaban J connectivity index is 1.30. The van der Waals surface area contributed by atoms with E-state index in [4.69, 9.17) is 9.41 Å². The van der Waals surface area contributed by atoms with Gasteiger partial charge in [-0.25, -0.2) is 0 Å². The van der Waals surface area contributed by atoms with Crippen LogP contribution in [0.15, 0.2) is 88.3 Å². The van der Waals surface area contributed by atoms with Gasteiger partial charge in [0.1, 0.15) is 0 Å². The van der Waals surface area contributed by atoms with Crippen molar-refractivity contribution < 1.29 is 9.21 Å². The fourth-order valence-electron chi connectivity index (χ4n) is 4.88. The molecule has 1 unspecified atom stereocenters. The lowest BCUT2D eigenvalue weighted by molar-refractivity contribution is -0.119. The first kappa shape index (κ1) is 23.1. The summed E-state index contributed by atoms with van der Waals surface area (Å²) in [5.74, 6) is 0.351. The van der Waals surface area contributed by atoms with E-state index in [0.717, 1.165) is 59.8 Å². The molecular weight excluding hydrogens is 464 g/mol. The van der Waals surface area contributed by atoms with Crippen molar-refractivity contribution in [2.75, 3.05) is 43.4 Å². The minimum Gasteiger partial charge on any atom is -0.403 e. The predicted octanol–water partition coefficient (Wildman–Crippen LogP) is 3.89. The zero-order chi connectivity index (χ0) is 25.2. The highest BCUT2D eigenvalue weighted by Gasteiger charge is 2.28. The number of fused-ring (bicyclic) bond motifs is 1. The lowest BCUT2D eigenvalue weighted by Crippen LogP contribution is -2.44. The molecule has 0 bridgehead atoms. The van der Waals surface area contributed by atoms with Crippen molar-refractivity contribution in [3.63, 3.8) is 0 Å². The second-order valence-corrected chi connectivity index (χ2v) is 9.41. The van der Waals surface area contributed by atoms with Crippen LogP contribution in [0.25, 0.3) is 11.5 Å². The van der Waals surface area contributed by atoms with Crippen molar-refractivity contribution in [3.05, 3.63) is 95.6 Å². The number of nitrogens with zero attached hydrogens (tertiary/aromatic N) is 5. The van der Waals surface area contributed by atoms with E-state index in [1.165, 1.54) is 0 Å². The van der Waals surface area contributed by atoms with E-state index < -0.39 is 6.17 Å². The second-order valence-electron chi connectivity index (χ2n) is 9.41. The first-order chi connectivity index (χ1) is 18.2. The Morgan fingerprint density at radius 3 is 2.35 bits per heavy atom. The average Bonchev–Trinajstić information content (AvgIpc) is 3.35. The Morgan fingerprint density at radius 1 is 0.838 bits per heavy atom. The molecule has 1 saturated heterocycles. The third-order valence-corrected chi connectivity index (χ3v) is 6.91. The van der Waals surface area contributed by atoms with Crippen molar-refractivity contribution in [1.29, 1.82) is 0 Å². The Morgan fingerprint density at radius 2 is 1.54 bits per heavy atom. The van der Waals surface area contributed by atoms with Gasteiger partial charge in [-0.15, -0.1) is 5.10 Å². The van der Waals surface area contributed by atoms with Crippen LogP contribution < -0.4 is 10.2 Å². The van der Waals surface area contributed by atoms with Crippen molar-refractivity contribution >= 4 is 23.2 Å². The van der Waals surface area contributed by atoms with Crippen molar-refractivity contribution in [1.82, 2.24) is 15.1 Å². The molecule has 4 aromatic rings. The smallest absolute Gasteiger partial charge is 0.317 e. The number of likely N-dealkylation sites (N-methyl/N-ethyl adjacent to an activating group) is 1. The van der Waals surface area contributed by atoms with E-state index in [-0.39, 0.29) is 18.2 Å². The van der Waals surface area contributed by atoms with Crippen LogP contribution in [-0.2, 0) is 11.2 Å². The number of para-hydroxylation sites is 1. The number of anilines is 2. The van der Waals surface area contributed by atoms with Gasteiger partial charge in [-0.3, -0.25) is 9.79 Å². The summed E-state index contributed by atoms with van der Waals surface area (Å²) in [6.45, 7) is 3.86. The molecule has 0 spiro atoms. The maximum Gasteiger partial charge on any atom is 0.317 e. The van der Waals surface area contributed by atoms with Gasteiger partial charge < -0.3 is 19.5 Å². The monoisotopic (exact) mass is 492 g/mol. The molecule has 8 heteroatoms. The average molecular weight is 493 g/mol. The molecule has 2 aliphatic heterocycles. The molecule has 3 heterocycles. The number of benzene rings is 3. The van der Waals surface area contributed by atoms with Gasteiger partial charge in [-0.1, -0.05) is 71.8 Å². The predicted molar refractivity (Wildman–Crippen MR) is 144 cm³/mol. The molecule has 1 atom stereocenters. The quantitative estimate of drug-likeness (QED) is 0.452. The summed E-state index contributed by atoms with van der Waals surface area (Å²) in [4.78, 5) is 22.8. The molecule has 186 valence electrons. The summed E-state index contributed by atoms with van der Waals surface area (Å²) in [5, 5.41) is 11.6. The van der Waals surface area contributed by atoms with Crippen LogP contribution in [0, 0.1) is 0 Å². The molecule has 1 fully saturated rings. The molecule has 6 rings (SSSR count). The Bertz CT molecular complexity index is 1440. The Kier molecular flexibility index (Phi) is 6.24. The van der Waals surface area contributed by atoms with Gasteiger partial charge in [0.15, 0.2) is 11.9 Å². The number of aliphatic imine (C=N–C) groups is 1. The highest BCUT2D eigenvalue weighted by molar-refractivity contribution is 6.16. The Hall–Kier alpha value is -4.30. The van der Waals surface area contributed by atoms with Crippen LogP contribution in [0.3, 0.4) is 0 Å². The Labute approximate surface area is 215 Å². The fourth-order valence-corrected chi connectivity index (χ4v) is 4.88. The minimum atomic E-state index is -0.844. The normalized spacial score (nSPS) is 18.2. The zero-order valence-corrected chi connectivity index (χ0v) is 20.7. The van der Waals surface area contributed by atoms with Gasteiger partial charge in [0, 0.05) is 49.4 Å². The molecule has 0 radical (unpaired) electrons. The molecular formula is C29H28N6O2. The number of ketones is 1. The van der Waals surface area contributed by atoms with Crippen molar-refractivity contribution in [2.45, 2.75) is 12.6 Å².